The SMILES string of the molecule is O=C(CO)C1=CC(O)(Cl)C(OC(F)F)([n+]2ccccc2)C(Cl)=C1. The van der Waals surface area contributed by atoms with Crippen LogP contribution in [-0.4, -0.2) is 34.3 Å². The molecule has 0 saturated carbocycles. The van der Waals surface area contributed by atoms with Gasteiger partial charge in [-0.3, -0.25) is 4.79 Å². The molecule has 0 bridgehead atoms. The summed E-state index contributed by atoms with van der Waals surface area (Å²) in [7, 11) is 0. The first kappa shape index (κ1) is 18.0. The van der Waals surface area contributed by atoms with Crippen LogP contribution in [0, 0.1) is 0 Å². The summed E-state index contributed by atoms with van der Waals surface area (Å²) in [5, 5.41) is 16.4. The number of ketones is 1. The average molecular weight is 367 g/mol. The van der Waals surface area contributed by atoms with E-state index in [0.29, 0.717) is 0 Å². The van der Waals surface area contributed by atoms with Crippen molar-refractivity contribution in [3.63, 3.8) is 0 Å². The number of aliphatic hydroxyl groups excluding tert-OH is 1. The number of aliphatic hydroxyl groups is 2. The first-order valence-corrected chi connectivity index (χ1v) is 7.09. The summed E-state index contributed by atoms with van der Waals surface area (Å²) in [6.45, 7) is -4.18. The summed E-state index contributed by atoms with van der Waals surface area (Å²) in [5.74, 6) is -0.786. The second-order valence-corrected chi connectivity index (χ2v) is 5.64. The van der Waals surface area contributed by atoms with Crippen LogP contribution in [0.3, 0.4) is 0 Å². The number of allylic oxidation sites excluding steroid dienone is 1. The molecule has 23 heavy (non-hydrogen) atoms. The van der Waals surface area contributed by atoms with Crippen molar-refractivity contribution in [3.05, 3.63) is 53.4 Å². The minimum absolute atomic E-state index is 0.222. The van der Waals surface area contributed by atoms with Gasteiger partial charge in [0.25, 0.3) is 5.06 Å². The maximum absolute atomic E-state index is 13.0. The summed E-state index contributed by atoms with van der Waals surface area (Å²) in [4.78, 5) is 11.6. The van der Waals surface area contributed by atoms with E-state index in [2.05, 4.69) is 4.74 Å². The lowest BCUT2D eigenvalue weighted by molar-refractivity contribution is -0.813. The lowest BCUT2D eigenvalue weighted by atomic mass is 9.93. The van der Waals surface area contributed by atoms with Crippen molar-refractivity contribution in [2.24, 2.45) is 0 Å². The largest absolute Gasteiger partial charge is 0.388 e. The van der Waals surface area contributed by atoms with E-state index in [9.17, 15) is 18.7 Å². The molecule has 0 saturated heterocycles. The molecule has 1 aliphatic carbocycles. The van der Waals surface area contributed by atoms with Crippen molar-refractivity contribution in [3.8, 4) is 0 Å². The standard InChI is InChI=1S/C14H12Cl2F2NO4/c15-11-6-9(10(21)8-20)7-13(16,22)14(11,23-12(17)18)19-4-2-1-3-5-19/h1-7,12,20,22H,8H2/q+1. The van der Waals surface area contributed by atoms with E-state index in [1.807, 2.05) is 0 Å². The first-order chi connectivity index (χ1) is 10.7. The van der Waals surface area contributed by atoms with E-state index < -0.39 is 34.8 Å². The van der Waals surface area contributed by atoms with Crippen LogP contribution in [0.25, 0.3) is 0 Å². The van der Waals surface area contributed by atoms with Crippen molar-refractivity contribution in [1.29, 1.82) is 0 Å². The Hall–Kier alpha value is -1.38. The van der Waals surface area contributed by atoms with Crippen LogP contribution in [0.5, 0.6) is 0 Å². The number of alkyl halides is 3. The Balaban J connectivity index is 2.66. The van der Waals surface area contributed by atoms with Gasteiger partial charge < -0.3 is 10.2 Å². The fraction of sp³-hybridized carbons (Fsp3) is 0.286. The Kier molecular flexibility index (Phi) is 5.17. The number of pyridine rings is 1. The van der Waals surface area contributed by atoms with Gasteiger partial charge in [0, 0.05) is 17.7 Å². The summed E-state index contributed by atoms with van der Waals surface area (Å²) >= 11 is 12.1. The van der Waals surface area contributed by atoms with Gasteiger partial charge in [0.15, 0.2) is 18.2 Å². The fourth-order valence-corrected chi connectivity index (χ4v) is 3.05. The van der Waals surface area contributed by atoms with E-state index in [1.54, 1.807) is 6.07 Å². The van der Waals surface area contributed by atoms with Gasteiger partial charge in [0.1, 0.15) is 11.6 Å². The van der Waals surface area contributed by atoms with Crippen LogP contribution >= 0.6 is 23.2 Å². The molecule has 0 aromatic carbocycles. The Morgan fingerprint density at radius 3 is 2.43 bits per heavy atom. The van der Waals surface area contributed by atoms with Gasteiger partial charge in [-0.15, -0.1) is 0 Å². The van der Waals surface area contributed by atoms with Gasteiger partial charge in [-0.05, 0) is 12.2 Å². The van der Waals surface area contributed by atoms with Crippen molar-refractivity contribution in [2.45, 2.75) is 17.4 Å². The van der Waals surface area contributed by atoms with Gasteiger partial charge in [-0.1, -0.05) is 29.3 Å². The zero-order valence-electron chi connectivity index (χ0n) is 11.5. The lowest BCUT2D eigenvalue weighted by Crippen LogP contribution is -2.69. The van der Waals surface area contributed by atoms with Gasteiger partial charge in [0.2, 0.25) is 0 Å². The number of nitrogens with zero attached hydrogens (tertiary/aromatic N) is 1. The molecule has 0 fully saturated rings. The zero-order valence-corrected chi connectivity index (χ0v) is 13.0. The van der Waals surface area contributed by atoms with Gasteiger partial charge in [-0.25, -0.2) is 4.74 Å². The monoisotopic (exact) mass is 366 g/mol. The van der Waals surface area contributed by atoms with E-state index in [-0.39, 0.29) is 5.57 Å². The van der Waals surface area contributed by atoms with Crippen molar-refractivity contribution < 1.29 is 33.1 Å². The molecule has 1 aromatic heterocycles. The summed E-state index contributed by atoms with van der Waals surface area (Å²) in [5.41, 5.74) is -2.61. The van der Waals surface area contributed by atoms with Crippen LogP contribution in [0.2, 0.25) is 0 Å². The highest BCUT2D eigenvalue weighted by Crippen LogP contribution is 2.45. The number of hydrogen-bond donors (Lipinski definition) is 2. The molecule has 0 radical (unpaired) electrons. The van der Waals surface area contributed by atoms with Crippen LogP contribution in [0.15, 0.2) is 53.4 Å². The lowest BCUT2D eigenvalue weighted by Gasteiger charge is -2.37. The minimum Gasteiger partial charge on any atom is -0.388 e. The van der Waals surface area contributed by atoms with E-state index >= 15 is 0 Å². The quantitative estimate of drug-likeness (QED) is 0.610. The van der Waals surface area contributed by atoms with E-state index in [0.717, 1.165) is 16.7 Å². The number of aromatic nitrogens is 1. The first-order valence-electron chi connectivity index (χ1n) is 6.33. The molecule has 2 N–H and O–H groups in total. The average Bonchev–Trinajstić information content (AvgIpc) is 2.50. The van der Waals surface area contributed by atoms with Gasteiger partial charge in [-0.2, -0.15) is 13.3 Å². The van der Waals surface area contributed by atoms with E-state index in [4.69, 9.17) is 28.3 Å². The number of halogens is 4. The van der Waals surface area contributed by atoms with Gasteiger partial charge >= 0.3 is 12.3 Å². The predicted octanol–water partition coefficient (Wildman–Crippen LogP) is 1.42. The number of carbonyl (C=O) groups is 1. The number of carbonyl (C=O) groups excluding carboxylic acids is 1. The number of ether oxygens (including phenoxy) is 1. The molecule has 0 spiro atoms. The molecule has 5 nitrogen and oxygen atoms in total. The minimum atomic E-state index is -3.32. The molecular weight excluding hydrogens is 355 g/mol. The van der Waals surface area contributed by atoms with Crippen LogP contribution in [-0.2, 0) is 15.3 Å². The Morgan fingerprint density at radius 2 is 1.96 bits per heavy atom. The maximum Gasteiger partial charge on any atom is 0.362 e. The molecule has 1 heterocycles. The molecule has 2 rings (SSSR count). The molecule has 2 atom stereocenters. The number of hydrogen-bond acceptors (Lipinski definition) is 4. The highest BCUT2D eigenvalue weighted by atomic mass is 35.5. The third kappa shape index (κ3) is 3.15. The maximum atomic E-state index is 13.0. The van der Waals surface area contributed by atoms with Crippen molar-refractivity contribution in [2.75, 3.05) is 6.61 Å². The molecule has 1 aliphatic rings. The topological polar surface area (TPSA) is 70.6 Å². The van der Waals surface area contributed by atoms with Crippen molar-refractivity contribution >= 4 is 29.0 Å². The Bertz CT molecular complexity index is 664. The fourth-order valence-electron chi connectivity index (χ4n) is 2.24. The van der Waals surface area contributed by atoms with Crippen LogP contribution in [0.4, 0.5) is 8.78 Å². The summed E-state index contributed by atoms with van der Waals surface area (Å²) in [6.07, 6.45) is 4.46. The second kappa shape index (κ2) is 6.62. The molecular formula is C14H12Cl2F2NO4+. The molecule has 0 amide bonds. The molecule has 124 valence electrons. The molecule has 0 aliphatic heterocycles. The highest BCUT2D eigenvalue weighted by molar-refractivity contribution is 6.33. The Morgan fingerprint density at radius 1 is 1.35 bits per heavy atom. The molecule has 9 heteroatoms. The van der Waals surface area contributed by atoms with Crippen molar-refractivity contribution in [1.82, 2.24) is 0 Å². The van der Waals surface area contributed by atoms with Crippen LogP contribution < -0.4 is 4.57 Å². The summed E-state index contributed by atoms with van der Waals surface area (Å²) in [6, 6.07) is 4.59. The highest BCUT2D eigenvalue weighted by Gasteiger charge is 2.64. The summed E-state index contributed by atoms with van der Waals surface area (Å²) < 4.78 is 31.6. The third-order valence-electron chi connectivity index (χ3n) is 3.23. The van der Waals surface area contributed by atoms with Gasteiger partial charge in [0.05, 0.1) is 0 Å². The smallest absolute Gasteiger partial charge is 0.362 e. The predicted molar refractivity (Wildman–Crippen MR) is 76.6 cm³/mol. The third-order valence-corrected chi connectivity index (χ3v) is 3.96. The molecule has 2 unspecified atom stereocenters. The molecule has 1 aromatic rings. The van der Waals surface area contributed by atoms with Crippen LogP contribution in [0.1, 0.15) is 0 Å². The zero-order chi connectivity index (χ0) is 17.3. The second-order valence-electron chi connectivity index (χ2n) is 4.65. The normalized spacial score (nSPS) is 27.6. The number of Topliss-reactive ketones (excluding diaryl/α,β-unsaturated/α-hetero) is 1. The number of rotatable bonds is 5. The van der Waals surface area contributed by atoms with E-state index in [1.165, 1.54) is 24.5 Å². The Labute approximate surface area is 140 Å².